The van der Waals surface area contributed by atoms with E-state index in [0.29, 0.717) is 21.4 Å². The summed E-state index contributed by atoms with van der Waals surface area (Å²) < 4.78 is 4.88. The number of thioether (sulfide) groups is 1. The van der Waals surface area contributed by atoms with Crippen molar-refractivity contribution in [2.24, 2.45) is 0 Å². The number of ether oxygens (including phenoxy) is 1. The number of esters is 1. The van der Waals surface area contributed by atoms with Gasteiger partial charge in [0.25, 0.3) is 5.56 Å². The van der Waals surface area contributed by atoms with Gasteiger partial charge in [-0.25, -0.2) is 9.78 Å². The minimum atomic E-state index is -0.679. The fourth-order valence-corrected chi connectivity index (χ4v) is 2.55. The summed E-state index contributed by atoms with van der Waals surface area (Å²) in [6.45, 7) is 1.87. The summed E-state index contributed by atoms with van der Waals surface area (Å²) in [5.41, 5.74) is -0.0233. The number of nitrogens with zero attached hydrogens (tertiary/aromatic N) is 1. The van der Waals surface area contributed by atoms with Gasteiger partial charge in [0.15, 0.2) is 5.56 Å². The monoisotopic (exact) mass is 324 g/mol. The fraction of sp³-hybridized carbons (Fsp3) is 0.214. The quantitative estimate of drug-likeness (QED) is 0.532. The van der Waals surface area contributed by atoms with Crippen LogP contribution >= 0.6 is 23.4 Å². The lowest BCUT2D eigenvalue weighted by molar-refractivity contribution is 0.0519. The average molecular weight is 325 g/mol. The van der Waals surface area contributed by atoms with Gasteiger partial charge in [-0.2, -0.15) is 0 Å². The summed E-state index contributed by atoms with van der Waals surface area (Å²) >= 11 is 7.30. The van der Waals surface area contributed by atoms with Crippen molar-refractivity contribution in [2.45, 2.75) is 11.9 Å². The van der Waals surface area contributed by atoms with E-state index in [2.05, 4.69) is 9.97 Å². The Hall–Kier alpha value is -1.79. The number of carbonyl (C=O) groups excluding carboxylic acids is 1. The van der Waals surface area contributed by atoms with E-state index in [1.807, 2.05) is 0 Å². The summed E-state index contributed by atoms with van der Waals surface area (Å²) in [5.74, 6) is -0.357. The molecule has 1 N–H and O–H groups in total. The number of benzene rings is 1. The van der Waals surface area contributed by atoms with E-state index in [4.69, 9.17) is 16.3 Å². The lowest BCUT2D eigenvalue weighted by atomic mass is 10.2. The molecule has 0 unspecified atom stereocenters. The minimum absolute atomic E-state index is 0.0832. The Morgan fingerprint density at radius 3 is 2.76 bits per heavy atom. The third-order valence-corrected chi connectivity index (χ3v) is 3.70. The molecule has 0 saturated carbocycles. The van der Waals surface area contributed by atoms with Crippen LogP contribution in [0.5, 0.6) is 0 Å². The zero-order chi connectivity index (χ0) is 15.4. The highest BCUT2D eigenvalue weighted by Gasteiger charge is 2.20. The summed E-state index contributed by atoms with van der Waals surface area (Å²) in [4.78, 5) is 30.9. The Morgan fingerprint density at radius 2 is 2.14 bits per heavy atom. The van der Waals surface area contributed by atoms with Gasteiger partial charge in [0, 0.05) is 5.56 Å². The number of aromatic nitrogens is 2. The lowest BCUT2D eigenvalue weighted by Crippen LogP contribution is -2.23. The van der Waals surface area contributed by atoms with Crippen molar-refractivity contribution in [1.29, 1.82) is 0 Å². The molecule has 0 atom stereocenters. The smallest absolute Gasteiger partial charge is 0.346 e. The first-order chi connectivity index (χ1) is 10.1. The van der Waals surface area contributed by atoms with Crippen LogP contribution in [0.15, 0.2) is 34.1 Å². The van der Waals surface area contributed by atoms with E-state index < -0.39 is 11.5 Å². The van der Waals surface area contributed by atoms with E-state index >= 15 is 0 Å². The molecule has 0 saturated heterocycles. The second kappa shape index (κ2) is 6.78. The first-order valence-corrected chi connectivity index (χ1v) is 7.79. The number of H-pyrrole nitrogens is 1. The predicted molar refractivity (Wildman–Crippen MR) is 83.0 cm³/mol. The maximum absolute atomic E-state index is 12.2. The number of carbonyl (C=O) groups is 1. The van der Waals surface area contributed by atoms with Crippen LogP contribution in [0, 0.1) is 0 Å². The third-order valence-electron chi connectivity index (χ3n) is 2.69. The first kappa shape index (κ1) is 15.6. The molecule has 1 aromatic heterocycles. The zero-order valence-corrected chi connectivity index (χ0v) is 13.0. The Kier molecular flexibility index (Phi) is 5.03. The number of nitrogens with one attached hydrogen (secondary N) is 1. The molecule has 7 heteroatoms. The van der Waals surface area contributed by atoms with Gasteiger partial charge in [-0.1, -0.05) is 23.7 Å². The van der Waals surface area contributed by atoms with Gasteiger partial charge in [0.2, 0.25) is 0 Å². The SMILES string of the molecule is CCOC(=O)c1c(SC)nc(-c2ccccc2Cl)[nH]c1=O. The van der Waals surface area contributed by atoms with Crippen molar-refractivity contribution in [2.75, 3.05) is 12.9 Å². The summed E-state index contributed by atoms with van der Waals surface area (Å²) in [7, 11) is 0. The first-order valence-electron chi connectivity index (χ1n) is 6.18. The number of hydrogen-bond donors (Lipinski definition) is 1. The molecule has 0 aliphatic heterocycles. The molecule has 0 amide bonds. The van der Waals surface area contributed by atoms with Crippen LogP contribution < -0.4 is 5.56 Å². The van der Waals surface area contributed by atoms with Gasteiger partial charge in [-0.15, -0.1) is 11.8 Å². The molecule has 21 heavy (non-hydrogen) atoms. The van der Waals surface area contributed by atoms with Crippen LogP contribution in [-0.4, -0.2) is 28.8 Å². The van der Waals surface area contributed by atoms with Crippen molar-refractivity contribution >= 4 is 29.3 Å². The van der Waals surface area contributed by atoms with Gasteiger partial charge in [-0.3, -0.25) is 4.79 Å². The van der Waals surface area contributed by atoms with E-state index in [1.54, 1.807) is 37.4 Å². The fourth-order valence-electron chi connectivity index (χ4n) is 1.76. The molecule has 0 bridgehead atoms. The molecule has 0 aliphatic rings. The van der Waals surface area contributed by atoms with Crippen molar-refractivity contribution in [3.63, 3.8) is 0 Å². The lowest BCUT2D eigenvalue weighted by Gasteiger charge is -2.08. The number of rotatable bonds is 4. The highest BCUT2D eigenvalue weighted by Crippen LogP contribution is 2.26. The van der Waals surface area contributed by atoms with Gasteiger partial charge in [0.1, 0.15) is 10.9 Å². The van der Waals surface area contributed by atoms with Crippen molar-refractivity contribution in [1.82, 2.24) is 9.97 Å². The normalized spacial score (nSPS) is 10.4. The molecule has 2 aromatic rings. The molecule has 0 spiro atoms. The molecular weight excluding hydrogens is 312 g/mol. The molecule has 1 heterocycles. The second-order valence-corrected chi connectivity index (χ2v) is 5.20. The molecule has 0 aliphatic carbocycles. The molecular formula is C14H13ClN2O3S. The van der Waals surface area contributed by atoms with E-state index in [-0.39, 0.29) is 12.2 Å². The molecule has 5 nitrogen and oxygen atoms in total. The standard InChI is InChI=1S/C14H13ClN2O3S/c1-3-20-14(19)10-12(18)16-11(17-13(10)21-2)8-6-4-5-7-9(8)15/h4-7H,3H2,1-2H3,(H,16,17,18). The maximum atomic E-state index is 12.2. The highest BCUT2D eigenvalue weighted by molar-refractivity contribution is 7.98. The van der Waals surface area contributed by atoms with Crippen LogP contribution in [0.2, 0.25) is 5.02 Å². The molecule has 1 aromatic carbocycles. The van der Waals surface area contributed by atoms with E-state index in [0.717, 1.165) is 0 Å². The van der Waals surface area contributed by atoms with Gasteiger partial charge >= 0.3 is 5.97 Å². The summed E-state index contributed by atoms with van der Waals surface area (Å²) in [6, 6.07) is 7.02. The second-order valence-electron chi connectivity index (χ2n) is 4.00. The Balaban J connectivity index is 2.59. The third kappa shape index (κ3) is 3.28. The van der Waals surface area contributed by atoms with E-state index in [1.165, 1.54) is 11.8 Å². The number of halogens is 1. The Morgan fingerprint density at radius 1 is 1.43 bits per heavy atom. The largest absolute Gasteiger partial charge is 0.462 e. The van der Waals surface area contributed by atoms with Crippen LogP contribution in [0.25, 0.3) is 11.4 Å². The molecule has 2 rings (SSSR count). The van der Waals surface area contributed by atoms with Crippen molar-refractivity contribution in [3.05, 3.63) is 45.2 Å². The Labute approximate surface area is 130 Å². The van der Waals surface area contributed by atoms with E-state index in [9.17, 15) is 9.59 Å². The van der Waals surface area contributed by atoms with Crippen LogP contribution in [0.1, 0.15) is 17.3 Å². The molecule has 0 fully saturated rings. The van der Waals surface area contributed by atoms with Crippen LogP contribution in [0.3, 0.4) is 0 Å². The van der Waals surface area contributed by atoms with Crippen LogP contribution in [-0.2, 0) is 4.74 Å². The van der Waals surface area contributed by atoms with Crippen LogP contribution in [0.4, 0.5) is 0 Å². The van der Waals surface area contributed by atoms with Crippen molar-refractivity contribution in [3.8, 4) is 11.4 Å². The van der Waals surface area contributed by atoms with Gasteiger partial charge in [0.05, 0.1) is 11.6 Å². The highest BCUT2D eigenvalue weighted by atomic mass is 35.5. The summed E-state index contributed by atoms with van der Waals surface area (Å²) in [5, 5.41) is 0.781. The number of hydrogen-bond acceptors (Lipinski definition) is 5. The number of aromatic amines is 1. The predicted octanol–water partition coefficient (Wildman–Crippen LogP) is 2.99. The van der Waals surface area contributed by atoms with Gasteiger partial charge < -0.3 is 9.72 Å². The summed E-state index contributed by atoms with van der Waals surface area (Å²) in [6.07, 6.45) is 1.74. The van der Waals surface area contributed by atoms with Crippen molar-refractivity contribution < 1.29 is 9.53 Å². The maximum Gasteiger partial charge on any atom is 0.346 e. The minimum Gasteiger partial charge on any atom is -0.462 e. The Bertz CT molecular complexity index is 730. The topological polar surface area (TPSA) is 72.0 Å². The zero-order valence-electron chi connectivity index (χ0n) is 11.5. The molecule has 110 valence electrons. The van der Waals surface area contributed by atoms with Gasteiger partial charge in [-0.05, 0) is 25.3 Å². The average Bonchev–Trinajstić information content (AvgIpc) is 2.46. The molecule has 0 radical (unpaired) electrons.